The van der Waals surface area contributed by atoms with Crippen LogP contribution in [-0.2, 0) is 23.8 Å². The van der Waals surface area contributed by atoms with E-state index in [0.29, 0.717) is 45.1 Å². The molecule has 0 bridgehead atoms. The highest BCUT2D eigenvalue weighted by Crippen LogP contribution is 2.36. The first-order chi connectivity index (χ1) is 17.9. The van der Waals surface area contributed by atoms with Crippen molar-refractivity contribution in [2.45, 2.75) is 29.7 Å². The molecule has 1 aliphatic rings. The lowest BCUT2D eigenvalue weighted by Gasteiger charge is -2.23. The number of amides is 2. The molecule has 1 N–H and O–H groups in total. The fraction of sp³-hybridized carbons (Fsp3) is 0.133. The van der Waals surface area contributed by atoms with E-state index in [2.05, 4.69) is 5.32 Å². The van der Waals surface area contributed by atoms with E-state index in [9.17, 15) is 18.2 Å². The average molecular weight is 513 g/mol. The van der Waals surface area contributed by atoms with Gasteiger partial charge >= 0.3 is 0 Å². The van der Waals surface area contributed by atoms with Crippen LogP contribution in [0.15, 0.2) is 101 Å². The fourth-order valence-electron chi connectivity index (χ4n) is 4.31. The van der Waals surface area contributed by atoms with Crippen molar-refractivity contribution in [3.8, 4) is 0 Å². The average Bonchev–Trinajstić information content (AvgIpc) is 3.00. The first-order valence-electron chi connectivity index (χ1n) is 12.0. The summed E-state index contributed by atoms with van der Waals surface area (Å²) in [5.74, 6) is -0.983. The van der Waals surface area contributed by atoms with Gasteiger partial charge in [-0.05, 0) is 66.9 Å². The monoisotopic (exact) mass is 512 g/mol. The number of aryl methyl sites for hydroxylation is 1. The summed E-state index contributed by atoms with van der Waals surface area (Å²) < 4.78 is 27.0. The van der Waals surface area contributed by atoms with E-state index in [1.807, 2.05) is 31.2 Å². The van der Waals surface area contributed by atoms with Crippen LogP contribution in [0.5, 0.6) is 0 Å². The molecule has 5 nitrogen and oxygen atoms in total. The second-order valence-electron chi connectivity index (χ2n) is 8.96. The molecule has 0 saturated carbocycles. The quantitative estimate of drug-likeness (QED) is 0.375. The number of rotatable bonds is 6. The maximum atomic E-state index is 13.7. The van der Waals surface area contributed by atoms with Crippen molar-refractivity contribution < 1.29 is 18.2 Å². The smallest absolute Gasteiger partial charge is 0.259 e. The molecule has 7 heteroatoms. The van der Waals surface area contributed by atoms with Crippen molar-refractivity contribution >= 4 is 28.3 Å². The SMILES string of the molecule is Cc1ccc(CCNC(=O)c2ccc3c(c2)N(Cc2ccc(F)cc2)C(=O)c2ccccc2[S@]3=O)cc1. The van der Waals surface area contributed by atoms with Gasteiger partial charge in [0.1, 0.15) is 5.82 Å². The minimum absolute atomic E-state index is 0.135. The number of anilines is 1. The van der Waals surface area contributed by atoms with Gasteiger partial charge in [0.05, 0.1) is 38.4 Å². The Hall–Kier alpha value is -4.10. The summed E-state index contributed by atoms with van der Waals surface area (Å²) in [5, 5.41) is 2.93. The molecule has 37 heavy (non-hydrogen) atoms. The maximum Gasteiger partial charge on any atom is 0.259 e. The van der Waals surface area contributed by atoms with E-state index in [1.165, 1.54) is 22.6 Å². The number of nitrogens with one attached hydrogen (secondary N) is 1. The van der Waals surface area contributed by atoms with Crippen LogP contribution in [0.3, 0.4) is 0 Å². The molecule has 0 saturated heterocycles. The number of nitrogens with zero attached hydrogens (tertiary/aromatic N) is 1. The predicted octanol–water partition coefficient (Wildman–Crippen LogP) is 5.43. The normalized spacial score (nSPS) is 14.5. The predicted molar refractivity (Wildman–Crippen MR) is 142 cm³/mol. The zero-order valence-corrected chi connectivity index (χ0v) is 21.1. The van der Waals surface area contributed by atoms with Crippen LogP contribution in [0, 0.1) is 12.7 Å². The highest BCUT2D eigenvalue weighted by Gasteiger charge is 2.31. The van der Waals surface area contributed by atoms with Crippen LogP contribution in [0.2, 0.25) is 0 Å². The van der Waals surface area contributed by atoms with Crippen molar-refractivity contribution in [1.29, 1.82) is 0 Å². The number of hydrogen-bond donors (Lipinski definition) is 1. The highest BCUT2D eigenvalue weighted by atomic mass is 32.2. The van der Waals surface area contributed by atoms with Gasteiger partial charge in [-0.25, -0.2) is 8.60 Å². The Morgan fingerprint density at radius 1 is 0.892 bits per heavy atom. The van der Waals surface area contributed by atoms with E-state index in [-0.39, 0.29) is 24.2 Å². The first kappa shape index (κ1) is 24.6. The summed E-state index contributed by atoms with van der Waals surface area (Å²) >= 11 is 0. The topological polar surface area (TPSA) is 66.5 Å². The summed E-state index contributed by atoms with van der Waals surface area (Å²) in [6.45, 7) is 2.62. The Kier molecular flexibility index (Phi) is 6.97. The number of halogens is 1. The van der Waals surface area contributed by atoms with Gasteiger partial charge in [-0.3, -0.25) is 9.59 Å². The molecule has 0 fully saturated rings. The molecule has 4 aromatic rings. The Morgan fingerprint density at radius 3 is 2.35 bits per heavy atom. The van der Waals surface area contributed by atoms with Crippen LogP contribution in [0.25, 0.3) is 0 Å². The Bertz CT molecular complexity index is 1500. The van der Waals surface area contributed by atoms with Crippen molar-refractivity contribution in [3.05, 3.63) is 125 Å². The third-order valence-corrected chi connectivity index (χ3v) is 7.85. The van der Waals surface area contributed by atoms with Crippen LogP contribution >= 0.6 is 0 Å². The number of carbonyl (C=O) groups is 2. The minimum Gasteiger partial charge on any atom is -0.352 e. The lowest BCUT2D eigenvalue weighted by molar-refractivity contribution is 0.0950. The Balaban J connectivity index is 1.46. The van der Waals surface area contributed by atoms with Crippen molar-refractivity contribution in [1.82, 2.24) is 5.32 Å². The molecule has 0 radical (unpaired) electrons. The molecular formula is C30H25FN2O3S. The molecule has 0 aromatic heterocycles. The van der Waals surface area contributed by atoms with Crippen molar-refractivity contribution in [3.63, 3.8) is 0 Å². The Labute approximate surface area is 217 Å². The van der Waals surface area contributed by atoms with Gasteiger partial charge in [-0.15, -0.1) is 0 Å². The standard InChI is InChI=1S/C30H25FN2O3S/c1-20-6-8-21(9-7-20)16-17-32-29(34)23-12-15-28-26(18-23)33(19-22-10-13-24(31)14-11-22)30(35)25-4-2-3-5-27(25)37(28)36/h2-15,18H,16-17,19H2,1H3,(H,32,34)/t37-/m1/s1. The summed E-state index contributed by atoms with van der Waals surface area (Å²) in [4.78, 5) is 29.1. The fourth-order valence-corrected chi connectivity index (χ4v) is 5.66. The van der Waals surface area contributed by atoms with Crippen molar-refractivity contribution in [2.75, 3.05) is 11.4 Å². The van der Waals surface area contributed by atoms with E-state index >= 15 is 0 Å². The molecule has 1 heterocycles. The van der Waals surface area contributed by atoms with Gasteiger partial charge in [0.25, 0.3) is 11.8 Å². The van der Waals surface area contributed by atoms with E-state index in [4.69, 9.17) is 0 Å². The maximum absolute atomic E-state index is 13.7. The van der Waals surface area contributed by atoms with Gasteiger partial charge in [0.2, 0.25) is 0 Å². The van der Waals surface area contributed by atoms with E-state index in [1.54, 1.807) is 54.6 Å². The molecule has 186 valence electrons. The van der Waals surface area contributed by atoms with E-state index < -0.39 is 10.8 Å². The van der Waals surface area contributed by atoms with Gasteiger partial charge < -0.3 is 10.2 Å². The largest absolute Gasteiger partial charge is 0.352 e. The summed E-state index contributed by atoms with van der Waals surface area (Å²) in [7, 11) is -1.62. The molecule has 5 rings (SSSR count). The summed E-state index contributed by atoms with van der Waals surface area (Å²) in [6, 6.07) is 25.7. The number of benzene rings is 4. The number of fused-ring (bicyclic) bond motifs is 2. The summed E-state index contributed by atoms with van der Waals surface area (Å²) in [6.07, 6.45) is 0.686. The third kappa shape index (κ3) is 5.22. The third-order valence-electron chi connectivity index (χ3n) is 6.35. The Morgan fingerprint density at radius 2 is 1.59 bits per heavy atom. The van der Waals surface area contributed by atoms with Gasteiger partial charge in [-0.2, -0.15) is 0 Å². The molecular weight excluding hydrogens is 487 g/mol. The molecule has 2 amide bonds. The molecule has 1 aliphatic heterocycles. The van der Waals surface area contributed by atoms with Crippen LogP contribution in [0.1, 0.15) is 37.4 Å². The van der Waals surface area contributed by atoms with Crippen LogP contribution in [0.4, 0.5) is 10.1 Å². The van der Waals surface area contributed by atoms with Crippen molar-refractivity contribution in [2.24, 2.45) is 0 Å². The summed E-state index contributed by atoms with van der Waals surface area (Å²) in [5.41, 5.74) is 4.11. The first-order valence-corrected chi connectivity index (χ1v) is 13.1. The van der Waals surface area contributed by atoms with Gasteiger partial charge in [0, 0.05) is 12.1 Å². The van der Waals surface area contributed by atoms with Crippen LogP contribution in [-0.4, -0.2) is 22.6 Å². The second kappa shape index (κ2) is 10.5. The zero-order chi connectivity index (χ0) is 25.9. The number of carbonyl (C=O) groups excluding carboxylic acids is 2. The molecule has 0 aliphatic carbocycles. The lowest BCUT2D eigenvalue weighted by atomic mass is 10.1. The minimum atomic E-state index is -1.62. The lowest BCUT2D eigenvalue weighted by Crippen LogP contribution is -2.31. The highest BCUT2D eigenvalue weighted by molar-refractivity contribution is 7.85. The van der Waals surface area contributed by atoms with E-state index in [0.717, 1.165) is 5.56 Å². The number of hydrogen-bond acceptors (Lipinski definition) is 3. The zero-order valence-electron chi connectivity index (χ0n) is 20.2. The van der Waals surface area contributed by atoms with Gasteiger partial charge in [0.15, 0.2) is 0 Å². The molecule has 0 unspecified atom stereocenters. The second-order valence-corrected chi connectivity index (χ2v) is 10.4. The van der Waals surface area contributed by atoms with Crippen LogP contribution < -0.4 is 10.2 Å². The molecule has 1 atom stereocenters. The molecule has 0 spiro atoms. The van der Waals surface area contributed by atoms with Gasteiger partial charge in [-0.1, -0.05) is 54.1 Å². The molecule has 4 aromatic carbocycles.